The van der Waals surface area contributed by atoms with Crippen LogP contribution in [0.3, 0.4) is 0 Å². The minimum Gasteiger partial charge on any atom is -0.392 e. The van der Waals surface area contributed by atoms with Gasteiger partial charge in [0, 0.05) is 10.9 Å². The van der Waals surface area contributed by atoms with Crippen molar-refractivity contribution in [1.29, 1.82) is 0 Å². The topological polar surface area (TPSA) is 33.1 Å². The van der Waals surface area contributed by atoms with Crippen LogP contribution in [-0.2, 0) is 6.61 Å². The number of aromatic nitrogens is 1. The molecule has 0 amide bonds. The number of fused-ring (bicyclic) bond motifs is 1. The lowest BCUT2D eigenvalue weighted by molar-refractivity contribution is 0.282. The zero-order valence-corrected chi connectivity index (χ0v) is 9.88. The number of nitrogens with zero attached hydrogens (tertiary/aromatic N) is 1. The highest BCUT2D eigenvalue weighted by atomic mass is 16.3. The Bertz CT molecular complexity index is 674. The molecule has 2 aromatic carbocycles. The first-order chi connectivity index (χ1) is 8.86. The molecule has 0 radical (unpaired) electrons. The molecule has 1 aromatic heterocycles. The van der Waals surface area contributed by atoms with E-state index in [1.807, 2.05) is 48.5 Å². The first-order valence-corrected chi connectivity index (χ1v) is 5.93. The summed E-state index contributed by atoms with van der Waals surface area (Å²) >= 11 is 0. The normalized spacial score (nSPS) is 10.7. The number of aliphatic hydroxyl groups excluding tert-OH is 1. The number of benzene rings is 2. The number of aliphatic hydroxyl groups is 1. The largest absolute Gasteiger partial charge is 0.392 e. The van der Waals surface area contributed by atoms with Gasteiger partial charge in [-0.1, -0.05) is 48.5 Å². The number of rotatable bonds is 2. The van der Waals surface area contributed by atoms with Gasteiger partial charge in [-0.25, -0.2) is 4.98 Å². The first kappa shape index (κ1) is 10.9. The zero-order chi connectivity index (χ0) is 12.4. The Morgan fingerprint density at radius 3 is 2.39 bits per heavy atom. The van der Waals surface area contributed by atoms with Crippen molar-refractivity contribution < 1.29 is 5.11 Å². The van der Waals surface area contributed by atoms with Crippen molar-refractivity contribution in [3.05, 3.63) is 66.2 Å². The van der Waals surface area contributed by atoms with E-state index in [9.17, 15) is 0 Å². The summed E-state index contributed by atoms with van der Waals surface area (Å²) in [5.74, 6) is 0. The number of pyridine rings is 1. The van der Waals surface area contributed by atoms with Gasteiger partial charge in [0.15, 0.2) is 0 Å². The fourth-order valence-electron chi connectivity index (χ4n) is 2.01. The van der Waals surface area contributed by atoms with Gasteiger partial charge in [-0.05, 0) is 17.7 Å². The van der Waals surface area contributed by atoms with Gasteiger partial charge in [0.05, 0.1) is 17.8 Å². The monoisotopic (exact) mass is 235 g/mol. The minimum atomic E-state index is 0.0748. The summed E-state index contributed by atoms with van der Waals surface area (Å²) in [6.07, 6.45) is 0. The maximum Gasteiger partial charge on any atom is 0.0709 e. The molecule has 0 saturated carbocycles. The Kier molecular flexibility index (Phi) is 2.79. The molecule has 3 rings (SSSR count). The van der Waals surface area contributed by atoms with Crippen LogP contribution in [0, 0.1) is 0 Å². The molecule has 18 heavy (non-hydrogen) atoms. The van der Waals surface area contributed by atoms with Crippen molar-refractivity contribution in [3.8, 4) is 11.3 Å². The van der Waals surface area contributed by atoms with Crippen molar-refractivity contribution in [2.24, 2.45) is 0 Å². The summed E-state index contributed by atoms with van der Waals surface area (Å²) < 4.78 is 0. The molecule has 88 valence electrons. The smallest absolute Gasteiger partial charge is 0.0709 e. The highest BCUT2D eigenvalue weighted by molar-refractivity contribution is 5.81. The molecule has 1 N–H and O–H groups in total. The molecule has 0 atom stereocenters. The van der Waals surface area contributed by atoms with Gasteiger partial charge in [0.2, 0.25) is 0 Å². The molecule has 0 aliphatic carbocycles. The Morgan fingerprint density at radius 1 is 0.833 bits per heavy atom. The third-order valence-corrected chi connectivity index (χ3v) is 3.03. The molecule has 3 aromatic rings. The van der Waals surface area contributed by atoms with E-state index in [1.165, 1.54) is 0 Å². The van der Waals surface area contributed by atoms with Crippen molar-refractivity contribution in [2.45, 2.75) is 6.61 Å². The predicted octanol–water partition coefficient (Wildman–Crippen LogP) is 3.39. The first-order valence-electron chi connectivity index (χ1n) is 5.93. The molecule has 0 aliphatic heterocycles. The third-order valence-electron chi connectivity index (χ3n) is 3.03. The van der Waals surface area contributed by atoms with Crippen LogP contribution >= 0.6 is 0 Å². The molecule has 0 bridgehead atoms. The van der Waals surface area contributed by atoms with Crippen LogP contribution in [0.2, 0.25) is 0 Å². The lowest BCUT2D eigenvalue weighted by atomic mass is 10.1. The highest BCUT2D eigenvalue weighted by Crippen LogP contribution is 2.21. The van der Waals surface area contributed by atoms with Gasteiger partial charge in [0.25, 0.3) is 0 Å². The third kappa shape index (κ3) is 1.98. The molecular formula is C16H13NO. The number of para-hydroxylation sites is 1. The van der Waals surface area contributed by atoms with Gasteiger partial charge in [-0.2, -0.15) is 0 Å². The molecule has 0 spiro atoms. The Labute approximate surface area is 106 Å². The van der Waals surface area contributed by atoms with Crippen LogP contribution in [0.15, 0.2) is 60.7 Å². The van der Waals surface area contributed by atoms with Crippen LogP contribution in [0.1, 0.15) is 5.56 Å². The molecule has 1 heterocycles. The van der Waals surface area contributed by atoms with Gasteiger partial charge in [-0.3, -0.25) is 0 Å². The van der Waals surface area contributed by atoms with Gasteiger partial charge in [0.1, 0.15) is 0 Å². The Morgan fingerprint density at radius 2 is 1.61 bits per heavy atom. The van der Waals surface area contributed by atoms with Crippen molar-refractivity contribution >= 4 is 10.9 Å². The lowest BCUT2D eigenvalue weighted by Crippen LogP contribution is -1.86. The van der Waals surface area contributed by atoms with E-state index in [1.54, 1.807) is 0 Å². The van der Waals surface area contributed by atoms with E-state index in [0.717, 1.165) is 27.7 Å². The minimum absolute atomic E-state index is 0.0748. The predicted molar refractivity (Wildman–Crippen MR) is 73.1 cm³/mol. The standard InChI is InChI=1S/C16H13NO/c18-11-12-5-7-14(8-6-12)16-10-9-13-3-1-2-4-15(13)17-16/h1-10,18H,11H2. The Hall–Kier alpha value is -2.19. The van der Waals surface area contributed by atoms with Crippen LogP contribution in [0.4, 0.5) is 0 Å². The van der Waals surface area contributed by atoms with E-state index >= 15 is 0 Å². The van der Waals surface area contributed by atoms with Gasteiger partial charge < -0.3 is 5.11 Å². The summed E-state index contributed by atoms with van der Waals surface area (Å²) in [5, 5.41) is 10.2. The van der Waals surface area contributed by atoms with Crippen molar-refractivity contribution in [1.82, 2.24) is 4.98 Å². The SMILES string of the molecule is OCc1ccc(-c2ccc3ccccc3n2)cc1. The number of hydrogen-bond acceptors (Lipinski definition) is 2. The lowest BCUT2D eigenvalue weighted by Gasteiger charge is -2.04. The molecule has 0 fully saturated rings. The maximum absolute atomic E-state index is 9.02. The van der Waals surface area contributed by atoms with E-state index in [-0.39, 0.29) is 6.61 Å². The zero-order valence-electron chi connectivity index (χ0n) is 9.88. The van der Waals surface area contributed by atoms with Crippen molar-refractivity contribution in [2.75, 3.05) is 0 Å². The summed E-state index contributed by atoms with van der Waals surface area (Å²) in [5.41, 5.74) is 3.94. The second kappa shape index (κ2) is 4.59. The van der Waals surface area contributed by atoms with Gasteiger partial charge >= 0.3 is 0 Å². The summed E-state index contributed by atoms with van der Waals surface area (Å²) in [6, 6.07) is 20.0. The molecule has 0 unspecified atom stereocenters. The molecular weight excluding hydrogens is 222 g/mol. The second-order valence-corrected chi connectivity index (χ2v) is 4.24. The summed E-state index contributed by atoms with van der Waals surface area (Å²) in [6.45, 7) is 0.0748. The van der Waals surface area contributed by atoms with Crippen LogP contribution in [0.25, 0.3) is 22.2 Å². The van der Waals surface area contributed by atoms with E-state index in [4.69, 9.17) is 5.11 Å². The maximum atomic E-state index is 9.02. The molecule has 2 heteroatoms. The number of hydrogen-bond donors (Lipinski definition) is 1. The van der Waals surface area contributed by atoms with E-state index < -0.39 is 0 Å². The van der Waals surface area contributed by atoms with Crippen molar-refractivity contribution in [3.63, 3.8) is 0 Å². The average Bonchev–Trinajstić information content (AvgIpc) is 2.47. The second-order valence-electron chi connectivity index (χ2n) is 4.24. The molecule has 2 nitrogen and oxygen atoms in total. The Balaban J connectivity index is 2.07. The highest BCUT2D eigenvalue weighted by Gasteiger charge is 2.01. The summed E-state index contributed by atoms with van der Waals surface area (Å²) in [7, 11) is 0. The molecule has 0 saturated heterocycles. The van der Waals surface area contributed by atoms with E-state index in [0.29, 0.717) is 0 Å². The fraction of sp³-hybridized carbons (Fsp3) is 0.0625. The fourth-order valence-corrected chi connectivity index (χ4v) is 2.01. The van der Waals surface area contributed by atoms with Crippen LogP contribution < -0.4 is 0 Å². The van der Waals surface area contributed by atoms with Crippen LogP contribution in [-0.4, -0.2) is 10.1 Å². The van der Waals surface area contributed by atoms with Crippen LogP contribution in [0.5, 0.6) is 0 Å². The van der Waals surface area contributed by atoms with Gasteiger partial charge in [-0.15, -0.1) is 0 Å². The average molecular weight is 235 g/mol. The quantitative estimate of drug-likeness (QED) is 0.738. The molecule has 0 aliphatic rings. The summed E-state index contributed by atoms with van der Waals surface area (Å²) in [4.78, 5) is 4.64. The van der Waals surface area contributed by atoms with E-state index in [2.05, 4.69) is 17.1 Å².